The number of carboxylic acids is 1. The zero-order valence-corrected chi connectivity index (χ0v) is 22.3. The van der Waals surface area contributed by atoms with Crippen molar-refractivity contribution in [2.45, 2.75) is 83.1 Å². The predicted octanol–water partition coefficient (Wildman–Crippen LogP) is 7.27. The van der Waals surface area contributed by atoms with E-state index >= 15 is 0 Å². The zero-order chi connectivity index (χ0) is 22.9. The summed E-state index contributed by atoms with van der Waals surface area (Å²) in [4.78, 5) is 10.6. The van der Waals surface area contributed by atoms with E-state index < -0.39 is 10.2 Å². The van der Waals surface area contributed by atoms with Gasteiger partial charge in [0, 0.05) is 0 Å². The van der Waals surface area contributed by atoms with Crippen molar-refractivity contribution < 1.29 is 14.6 Å². The minimum absolute atomic E-state index is 0.314. The Labute approximate surface area is 206 Å². The minimum atomic E-state index is -2.49. The Hall–Kier alpha value is -0.970. The Kier molecular flexibility index (Phi) is 9.57. The SMILES string of the molecule is CC1OC1P(I)(CCCCCCCCCCCC(=O)O)(c1ccccc1)c1ccccc1. The molecule has 1 aliphatic rings. The second-order valence-electron chi connectivity index (χ2n) is 9.21. The van der Waals surface area contributed by atoms with Crippen LogP contribution in [0.15, 0.2) is 60.7 Å². The first-order valence-corrected chi connectivity index (χ1v) is 17.5. The zero-order valence-electron chi connectivity index (χ0n) is 19.3. The van der Waals surface area contributed by atoms with E-state index in [1.807, 2.05) is 0 Å². The molecule has 1 saturated heterocycles. The second-order valence-corrected chi connectivity index (χ2v) is 20.3. The molecule has 2 aromatic rings. The average Bonchev–Trinajstić information content (AvgIpc) is 3.56. The first-order chi connectivity index (χ1) is 15.5. The second kappa shape index (κ2) is 11.9. The molecule has 2 unspecified atom stereocenters. The number of halogens is 1. The van der Waals surface area contributed by atoms with Gasteiger partial charge in [0.05, 0.1) is 0 Å². The third-order valence-corrected chi connectivity index (χ3v) is 18.9. The van der Waals surface area contributed by atoms with Crippen LogP contribution in [0, 0.1) is 0 Å². The number of epoxide rings is 1. The number of aliphatic carboxylic acids is 1. The van der Waals surface area contributed by atoms with Gasteiger partial charge in [0.25, 0.3) is 0 Å². The van der Waals surface area contributed by atoms with Crippen molar-refractivity contribution in [3.05, 3.63) is 60.7 Å². The molecule has 1 fully saturated rings. The summed E-state index contributed by atoms with van der Waals surface area (Å²) in [6.07, 6.45) is 12.4. The molecule has 2 aromatic carbocycles. The summed E-state index contributed by atoms with van der Waals surface area (Å²) in [5.74, 6) is -0.355. The van der Waals surface area contributed by atoms with Crippen LogP contribution in [0.4, 0.5) is 0 Å². The van der Waals surface area contributed by atoms with Gasteiger partial charge in [0.2, 0.25) is 0 Å². The fourth-order valence-corrected chi connectivity index (χ4v) is 15.2. The Morgan fingerprint density at radius 3 is 1.62 bits per heavy atom. The van der Waals surface area contributed by atoms with Gasteiger partial charge in [-0.25, -0.2) is 0 Å². The summed E-state index contributed by atoms with van der Waals surface area (Å²) in [5, 5.41) is 11.7. The molecule has 5 heteroatoms. The molecule has 1 heterocycles. The first kappa shape index (κ1) is 25.6. The summed E-state index contributed by atoms with van der Waals surface area (Å²) in [5.41, 5.74) is 0. The maximum atomic E-state index is 10.6. The van der Waals surface area contributed by atoms with E-state index in [4.69, 9.17) is 9.84 Å². The molecule has 2 atom stereocenters. The molecule has 0 bridgehead atoms. The van der Waals surface area contributed by atoms with Gasteiger partial charge in [0.15, 0.2) is 0 Å². The topological polar surface area (TPSA) is 49.8 Å². The normalized spacial score (nSPS) is 19.2. The maximum absolute atomic E-state index is 10.6. The molecule has 0 amide bonds. The number of rotatable bonds is 15. The van der Waals surface area contributed by atoms with Crippen LogP contribution in [0.5, 0.6) is 0 Å². The molecular formula is C27H38IO3P. The monoisotopic (exact) mass is 568 g/mol. The van der Waals surface area contributed by atoms with E-state index in [0.717, 1.165) is 19.3 Å². The molecular weight excluding hydrogens is 530 g/mol. The molecule has 1 aliphatic heterocycles. The van der Waals surface area contributed by atoms with Crippen molar-refractivity contribution in [2.75, 3.05) is 6.16 Å². The van der Waals surface area contributed by atoms with Crippen molar-refractivity contribution in [2.24, 2.45) is 0 Å². The van der Waals surface area contributed by atoms with Gasteiger partial charge in [-0.2, -0.15) is 0 Å². The third kappa shape index (κ3) is 6.12. The number of hydrogen-bond acceptors (Lipinski definition) is 2. The number of carbonyl (C=O) groups is 1. The summed E-state index contributed by atoms with van der Waals surface area (Å²) in [6.45, 7) is 2.23. The molecule has 0 radical (unpaired) electrons. The van der Waals surface area contributed by atoms with Crippen LogP contribution >= 0.6 is 26.3 Å². The van der Waals surface area contributed by atoms with Crippen molar-refractivity contribution in [3.8, 4) is 0 Å². The van der Waals surface area contributed by atoms with Gasteiger partial charge < -0.3 is 5.11 Å². The molecule has 3 nitrogen and oxygen atoms in total. The molecule has 0 spiro atoms. The van der Waals surface area contributed by atoms with Crippen LogP contribution < -0.4 is 10.6 Å². The number of ether oxygens (including phenoxy) is 1. The van der Waals surface area contributed by atoms with Gasteiger partial charge in [-0.05, 0) is 0 Å². The van der Waals surface area contributed by atoms with Crippen LogP contribution in [0.3, 0.4) is 0 Å². The van der Waals surface area contributed by atoms with E-state index in [9.17, 15) is 4.79 Å². The van der Waals surface area contributed by atoms with Crippen molar-refractivity contribution in [1.29, 1.82) is 0 Å². The molecule has 176 valence electrons. The molecule has 0 aromatic heterocycles. The van der Waals surface area contributed by atoms with Crippen LogP contribution in [0.2, 0.25) is 0 Å². The predicted molar refractivity (Wildman–Crippen MR) is 146 cm³/mol. The summed E-state index contributed by atoms with van der Waals surface area (Å²) in [7, 11) is 0. The van der Waals surface area contributed by atoms with Crippen molar-refractivity contribution >= 4 is 42.9 Å². The number of carboxylic acid groups (broad SMARTS) is 1. The summed E-state index contributed by atoms with van der Waals surface area (Å²) in [6, 6.07) is 22.3. The summed E-state index contributed by atoms with van der Waals surface area (Å²) < 4.78 is 3.78. The van der Waals surface area contributed by atoms with Crippen LogP contribution in [-0.2, 0) is 9.53 Å². The van der Waals surface area contributed by atoms with E-state index in [1.54, 1.807) is 0 Å². The van der Waals surface area contributed by atoms with Gasteiger partial charge in [-0.3, -0.25) is 4.79 Å². The number of unbranched alkanes of at least 4 members (excludes halogenated alkanes) is 8. The van der Waals surface area contributed by atoms with Crippen molar-refractivity contribution in [3.63, 3.8) is 0 Å². The Morgan fingerprint density at radius 2 is 1.22 bits per heavy atom. The fourth-order valence-electron chi connectivity index (χ4n) is 5.00. The first-order valence-electron chi connectivity index (χ1n) is 12.2. The van der Waals surface area contributed by atoms with Gasteiger partial charge in [0.1, 0.15) is 0 Å². The van der Waals surface area contributed by atoms with Crippen LogP contribution in [0.1, 0.15) is 71.1 Å². The fraction of sp³-hybridized carbons (Fsp3) is 0.519. The number of benzene rings is 2. The van der Waals surface area contributed by atoms with E-state index in [1.165, 1.54) is 55.3 Å². The molecule has 32 heavy (non-hydrogen) atoms. The van der Waals surface area contributed by atoms with Gasteiger partial charge in [-0.1, -0.05) is 0 Å². The molecule has 1 N–H and O–H groups in total. The van der Waals surface area contributed by atoms with E-state index in [-0.39, 0.29) is 0 Å². The Balaban J connectivity index is 1.57. The van der Waals surface area contributed by atoms with E-state index in [0.29, 0.717) is 18.4 Å². The number of hydrogen-bond donors (Lipinski definition) is 1. The van der Waals surface area contributed by atoms with Gasteiger partial charge in [-0.15, -0.1) is 0 Å². The Bertz CT molecular complexity index is 803. The molecule has 0 aliphatic carbocycles. The van der Waals surface area contributed by atoms with E-state index in [2.05, 4.69) is 89.6 Å². The quantitative estimate of drug-likeness (QED) is 0.106. The standard InChI is InChI=1S/C27H38IO3P/c1-23-27(31-23)32(28,24-17-11-9-12-18-24,25-19-13-10-14-20-25)22-16-8-6-4-2-3-5-7-15-21-26(29)30/h9-14,17-20,23,27H,2-8,15-16,21-22H2,1H3,(H,29,30). The van der Waals surface area contributed by atoms with Gasteiger partial charge >= 0.3 is 198 Å². The Morgan fingerprint density at radius 1 is 0.812 bits per heavy atom. The van der Waals surface area contributed by atoms with Crippen LogP contribution in [-0.4, -0.2) is 29.2 Å². The molecule has 0 saturated carbocycles. The average molecular weight is 568 g/mol. The molecule has 3 rings (SSSR count). The third-order valence-electron chi connectivity index (χ3n) is 6.82. The van der Waals surface area contributed by atoms with Crippen molar-refractivity contribution in [1.82, 2.24) is 0 Å². The van der Waals surface area contributed by atoms with Crippen LogP contribution in [0.25, 0.3) is 0 Å². The summed E-state index contributed by atoms with van der Waals surface area (Å²) >= 11 is 2.86.